The topological polar surface area (TPSA) is 58.4 Å². The molecule has 114 valence electrons. The third kappa shape index (κ3) is 5.10. The van der Waals surface area contributed by atoms with E-state index in [4.69, 9.17) is 18.0 Å². The van der Waals surface area contributed by atoms with Gasteiger partial charge in [0.15, 0.2) is 0 Å². The van der Waals surface area contributed by atoms with Crippen molar-refractivity contribution in [2.75, 3.05) is 25.5 Å². The van der Waals surface area contributed by atoms with Gasteiger partial charge in [-0.15, -0.1) is 0 Å². The van der Waals surface area contributed by atoms with Gasteiger partial charge in [0.2, 0.25) is 5.91 Å². The van der Waals surface area contributed by atoms with Crippen LogP contribution >= 0.6 is 12.2 Å². The monoisotopic (exact) mass is 305 g/mol. The summed E-state index contributed by atoms with van der Waals surface area (Å²) in [5.74, 6) is 0.857. The van der Waals surface area contributed by atoms with E-state index in [2.05, 4.69) is 17.3 Å². The van der Waals surface area contributed by atoms with E-state index >= 15 is 0 Å². The van der Waals surface area contributed by atoms with Crippen LogP contribution in [0.2, 0.25) is 0 Å². The number of thiocarbonyl (C=S) groups is 1. The molecule has 1 fully saturated rings. The predicted octanol–water partition coefficient (Wildman–Crippen LogP) is 2.38. The van der Waals surface area contributed by atoms with Gasteiger partial charge in [0.05, 0.1) is 0 Å². The lowest BCUT2D eigenvalue weighted by molar-refractivity contribution is -0.116. The van der Waals surface area contributed by atoms with E-state index < -0.39 is 0 Å². The Balaban J connectivity index is 1.75. The number of hydrogen-bond donors (Lipinski definition) is 2. The van der Waals surface area contributed by atoms with Crippen molar-refractivity contribution in [3.63, 3.8) is 0 Å². The van der Waals surface area contributed by atoms with E-state index in [1.165, 1.54) is 19.3 Å². The highest BCUT2D eigenvalue weighted by Gasteiger charge is 2.19. The van der Waals surface area contributed by atoms with Gasteiger partial charge in [-0.1, -0.05) is 30.8 Å². The van der Waals surface area contributed by atoms with Gasteiger partial charge in [0.1, 0.15) is 4.99 Å². The van der Waals surface area contributed by atoms with Crippen molar-refractivity contribution < 1.29 is 4.79 Å². The number of hydrogen-bond acceptors (Lipinski definition) is 3. The third-order valence-electron chi connectivity index (χ3n) is 3.95. The highest BCUT2D eigenvalue weighted by molar-refractivity contribution is 7.80. The van der Waals surface area contributed by atoms with Gasteiger partial charge < -0.3 is 16.0 Å². The molecule has 21 heavy (non-hydrogen) atoms. The lowest BCUT2D eigenvalue weighted by Gasteiger charge is -2.29. The Morgan fingerprint density at radius 2 is 2.24 bits per heavy atom. The average Bonchev–Trinajstić information content (AvgIpc) is 2.41. The first-order valence-corrected chi connectivity index (χ1v) is 7.83. The summed E-state index contributed by atoms with van der Waals surface area (Å²) in [5.41, 5.74) is 7.10. The Hall–Kier alpha value is -1.46. The zero-order valence-electron chi connectivity index (χ0n) is 12.5. The van der Waals surface area contributed by atoms with Crippen molar-refractivity contribution in [2.45, 2.75) is 25.7 Å². The highest BCUT2D eigenvalue weighted by atomic mass is 32.1. The fourth-order valence-electron chi connectivity index (χ4n) is 2.47. The number of nitrogens with zero attached hydrogens (tertiary/aromatic N) is 1. The molecule has 4 nitrogen and oxygen atoms in total. The van der Waals surface area contributed by atoms with E-state index in [0.717, 1.165) is 30.3 Å². The van der Waals surface area contributed by atoms with Gasteiger partial charge in [-0.2, -0.15) is 0 Å². The van der Waals surface area contributed by atoms with Crippen LogP contribution in [0.4, 0.5) is 5.69 Å². The molecule has 3 N–H and O–H groups in total. The molecule has 0 bridgehead atoms. The number of nitrogens with one attached hydrogen (secondary N) is 1. The zero-order chi connectivity index (χ0) is 15.2. The number of nitrogens with two attached hydrogens (primary N) is 1. The van der Waals surface area contributed by atoms with Crippen LogP contribution in [0.5, 0.6) is 0 Å². The van der Waals surface area contributed by atoms with Crippen molar-refractivity contribution in [1.82, 2.24) is 4.90 Å². The fraction of sp³-hybridized carbons (Fsp3) is 0.500. The molecule has 1 aliphatic carbocycles. The van der Waals surface area contributed by atoms with E-state index in [1.807, 2.05) is 18.2 Å². The first kappa shape index (κ1) is 15.9. The Kier molecular flexibility index (Phi) is 5.70. The van der Waals surface area contributed by atoms with Crippen LogP contribution in [0.3, 0.4) is 0 Å². The minimum absolute atomic E-state index is 0.0237. The fourth-order valence-corrected chi connectivity index (χ4v) is 2.60. The molecule has 1 aliphatic rings. The molecule has 1 aromatic carbocycles. The lowest BCUT2D eigenvalue weighted by Crippen LogP contribution is -2.31. The molecule has 5 heteroatoms. The molecule has 0 heterocycles. The summed E-state index contributed by atoms with van der Waals surface area (Å²) >= 11 is 4.94. The molecule has 1 saturated carbocycles. The quantitative estimate of drug-likeness (QED) is 0.759. The predicted molar refractivity (Wildman–Crippen MR) is 90.4 cm³/mol. The molecule has 0 saturated heterocycles. The van der Waals surface area contributed by atoms with Crippen LogP contribution in [0.1, 0.15) is 31.2 Å². The van der Waals surface area contributed by atoms with Crippen LogP contribution in [0, 0.1) is 5.92 Å². The Morgan fingerprint density at radius 1 is 1.48 bits per heavy atom. The highest BCUT2D eigenvalue weighted by Crippen LogP contribution is 2.26. The van der Waals surface area contributed by atoms with E-state index in [9.17, 15) is 4.79 Å². The molecule has 0 radical (unpaired) electrons. The maximum Gasteiger partial charge on any atom is 0.225 e. The Labute approximate surface area is 131 Å². The van der Waals surface area contributed by atoms with Gasteiger partial charge in [0.25, 0.3) is 0 Å². The molecule has 0 spiro atoms. The SMILES string of the molecule is CN(CCC(=O)Nc1cccc(C(N)=S)c1)CC1CCC1. The minimum atomic E-state index is 0.0237. The smallest absolute Gasteiger partial charge is 0.225 e. The lowest BCUT2D eigenvalue weighted by atomic mass is 9.85. The van der Waals surface area contributed by atoms with Gasteiger partial charge in [-0.25, -0.2) is 0 Å². The number of rotatable bonds is 7. The second-order valence-corrected chi connectivity index (χ2v) is 6.24. The molecular weight excluding hydrogens is 282 g/mol. The van der Waals surface area contributed by atoms with Crippen LogP contribution < -0.4 is 11.1 Å². The maximum absolute atomic E-state index is 12.0. The van der Waals surface area contributed by atoms with Gasteiger partial charge in [-0.3, -0.25) is 4.79 Å². The summed E-state index contributed by atoms with van der Waals surface area (Å²) in [6.45, 7) is 1.89. The molecular formula is C16H23N3OS. The number of carbonyl (C=O) groups is 1. The van der Waals surface area contributed by atoms with E-state index in [0.29, 0.717) is 11.4 Å². The summed E-state index contributed by atoms with van der Waals surface area (Å²) in [7, 11) is 2.08. The zero-order valence-corrected chi connectivity index (χ0v) is 13.3. The Morgan fingerprint density at radius 3 is 2.86 bits per heavy atom. The molecule has 2 rings (SSSR count). The van der Waals surface area contributed by atoms with Gasteiger partial charge in [0, 0.05) is 30.8 Å². The van der Waals surface area contributed by atoms with Crippen molar-refractivity contribution in [3.8, 4) is 0 Å². The Bertz CT molecular complexity index is 514. The summed E-state index contributed by atoms with van der Waals surface area (Å²) in [5, 5.41) is 2.89. The second kappa shape index (κ2) is 7.52. The van der Waals surface area contributed by atoms with E-state index in [1.54, 1.807) is 6.07 Å². The van der Waals surface area contributed by atoms with E-state index in [-0.39, 0.29) is 5.91 Å². The third-order valence-corrected chi connectivity index (χ3v) is 4.18. The molecule has 0 atom stereocenters. The first-order valence-electron chi connectivity index (χ1n) is 7.43. The summed E-state index contributed by atoms with van der Waals surface area (Å²) < 4.78 is 0. The summed E-state index contributed by atoms with van der Waals surface area (Å²) in [6.07, 6.45) is 4.53. The normalized spacial score (nSPS) is 14.8. The van der Waals surface area contributed by atoms with Crippen molar-refractivity contribution in [2.24, 2.45) is 11.7 Å². The average molecular weight is 305 g/mol. The number of carbonyl (C=O) groups excluding carboxylic acids is 1. The van der Waals surface area contributed by atoms with Crippen molar-refractivity contribution in [3.05, 3.63) is 29.8 Å². The van der Waals surface area contributed by atoms with Crippen LogP contribution in [-0.2, 0) is 4.79 Å². The summed E-state index contributed by atoms with van der Waals surface area (Å²) in [6, 6.07) is 7.33. The van der Waals surface area contributed by atoms with Gasteiger partial charge in [-0.05, 0) is 37.9 Å². The largest absolute Gasteiger partial charge is 0.389 e. The van der Waals surface area contributed by atoms with Crippen LogP contribution in [-0.4, -0.2) is 35.9 Å². The number of anilines is 1. The number of amides is 1. The number of benzene rings is 1. The maximum atomic E-state index is 12.0. The molecule has 1 amide bonds. The first-order chi connectivity index (χ1) is 10.0. The van der Waals surface area contributed by atoms with Crippen LogP contribution in [0.15, 0.2) is 24.3 Å². The molecule has 0 aromatic heterocycles. The van der Waals surface area contributed by atoms with Gasteiger partial charge >= 0.3 is 0 Å². The standard InChI is InChI=1S/C16H23N3OS/c1-19(11-12-4-2-5-12)9-8-15(20)18-14-7-3-6-13(10-14)16(17)21/h3,6-7,10,12H,2,4-5,8-9,11H2,1H3,(H2,17,21)(H,18,20). The summed E-state index contributed by atoms with van der Waals surface area (Å²) in [4.78, 5) is 14.5. The minimum Gasteiger partial charge on any atom is -0.389 e. The van der Waals surface area contributed by atoms with Crippen LogP contribution in [0.25, 0.3) is 0 Å². The molecule has 1 aromatic rings. The second-order valence-electron chi connectivity index (χ2n) is 5.80. The molecule has 0 unspecified atom stereocenters. The van der Waals surface area contributed by atoms with Crippen molar-refractivity contribution in [1.29, 1.82) is 0 Å². The molecule has 0 aliphatic heterocycles. The van der Waals surface area contributed by atoms with Crippen molar-refractivity contribution >= 4 is 28.8 Å².